The summed E-state index contributed by atoms with van der Waals surface area (Å²) in [5.41, 5.74) is 5.56. The molecule has 0 saturated carbocycles. The summed E-state index contributed by atoms with van der Waals surface area (Å²) >= 11 is 0. The van der Waals surface area contributed by atoms with E-state index in [1.165, 1.54) is 0 Å². The second-order valence-corrected chi connectivity index (χ2v) is 9.15. The summed E-state index contributed by atoms with van der Waals surface area (Å²) in [5, 5.41) is 16.7. The van der Waals surface area contributed by atoms with Crippen molar-refractivity contribution in [3.05, 3.63) is 54.6 Å². The normalized spacial score (nSPS) is 11.0. The lowest BCUT2D eigenvalue weighted by Gasteiger charge is -2.09. The molecule has 0 atom stereocenters. The molecule has 0 fully saturated rings. The van der Waals surface area contributed by atoms with E-state index in [2.05, 4.69) is 20.4 Å². The SMILES string of the molecule is C#CP(=O)(C#C)OCCOCCOCCOCCOc1cccc(-c2nnc(-c3ccccc3)nn2)c1. The Labute approximate surface area is 216 Å². The molecule has 3 rings (SSSR count). The number of hydrogen-bond donors (Lipinski definition) is 0. The van der Waals surface area contributed by atoms with Gasteiger partial charge in [0.05, 0.1) is 46.2 Å². The van der Waals surface area contributed by atoms with Crippen LogP contribution in [0.5, 0.6) is 5.75 Å². The minimum atomic E-state index is -3.40. The van der Waals surface area contributed by atoms with Gasteiger partial charge in [0.1, 0.15) is 12.4 Å². The monoisotopic (exact) mass is 522 g/mol. The second-order valence-electron chi connectivity index (χ2n) is 7.27. The summed E-state index contributed by atoms with van der Waals surface area (Å²) in [5.74, 6) is 1.54. The number of rotatable bonds is 16. The van der Waals surface area contributed by atoms with Gasteiger partial charge in [-0.1, -0.05) is 42.5 Å². The summed E-state index contributed by atoms with van der Waals surface area (Å²) in [6, 6.07) is 16.9. The standard InChI is InChI=1S/C26H27N4O6P/c1-3-37(31,4-2)36-20-18-34-16-14-32-13-15-33-17-19-35-24-12-8-11-23(21-24)26-29-27-25(28-30-26)22-9-6-5-7-10-22/h1-2,5-12,21H,13-20H2. The molecule has 0 bridgehead atoms. The van der Waals surface area contributed by atoms with E-state index >= 15 is 0 Å². The Morgan fingerprint density at radius 2 is 1.16 bits per heavy atom. The van der Waals surface area contributed by atoms with E-state index in [0.29, 0.717) is 57.0 Å². The van der Waals surface area contributed by atoms with Gasteiger partial charge in [0, 0.05) is 11.1 Å². The first-order valence-corrected chi connectivity index (χ1v) is 13.1. The lowest BCUT2D eigenvalue weighted by atomic mass is 10.2. The van der Waals surface area contributed by atoms with Crippen LogP contribution in [0.25, 0.3) is 22.8 Å². The smallest absolute Gasteiger partial charge is 0.344 e. The Morgan fingerprint density at radius 1 is 0.649 bits per heavy atom. The van der Waals surface area contributed by atoms with Crippen LogP contribution in [0.4, 0.5) is 0 Å². The lowest BCUT2D eigenvalue weighted by molar-refractivity contribution is 0.00530. The minimum absolute atomic E-state index is 0.0546. The molecule has 1 heterocycles. The first kappa shape index (κ1) is 27.9. The number of aromatic nitrogens is 4. The van der Waals surface area contributed by atoms with Crippen LogP contribution in [-0.4, -0.2) is 73.2 Å². The van der Waals surface area contributed by atoms with Gasteiger partial charge in [0.15, 0.2) is 0 Å². The van der Waals surface area contributed by atoms with E-state index in [9.17, 15) is 4.57 Å². The van der Waals surface area contributed by atoms with Gasteiger partial charge in [-0.15, -0.1) is 33.2 Å². The van der Waals surface area contributed by atoms with Gasteiger partial charge in [-0.3, -0.25) is 4.57 Å². The molecule has 0 saturated heterocycles. The largest absolute Gasteiger partial charge is 0.491 e. The van der Waals surface area contributed by atoms with Gasteiger partial charge in [0.25, 0.3) is 0 Å². The predicted octanol–water partition coefficient (Wildman–Crippen LogP) is 3.51. The predicted molar refractivity (Wildman–Crippen MR) is 138 cm³/mol. The van der Waals surface area contributed by atoms with Crippen LogP contribution in [0.2, 0.25) is 0 Å². The van der Waals surface area contributed by atoms with E-state index in [-0.39, 0.29) is 13.2 Å². The second kappa shape index (κ2) is 15.5. The van der Waals surface area contributed by atoms with E-state index < -0.39 is 7.37 Å². The zero-order chi connectivity index (χ0) is 26.2. The lowest BCUT2D eigenvalue weighted by Crippen LogP contribution is -2.13. The number of benzene rings is 2. The quantitative estimate of drug-likeness (QED) is 0.157. The number of hydrogen-bond acceptors (Lipinski definition) is 10. The molecular weight excluding hydrogens is 495 g/mol. The fraction of sp³-hybridized carbons (Fsp3) is 0.308. The summed E-state index contributed by atoms with van der Waals surface area (Å²) in [7, 11) is -3.40. The molecule has 10 nitrogen and oxygen atoms in total. The third kappa shape index (κ3) is 9.74. The van der Waals surface area contributed by atoms with Crippen molar-refractivity contribution in [2.45, 2.75) is 0 Å². The molecular formula is C26H27N4O6P. The van der Waals surface area contributed by atoms with Crippen LogP contribution in [0, 0.1) is 24.2 Å². The van der Waals surface area contributed by atoms with Crippen molar-refractivity contribution in [2.24, 2.45) is 0 Å². The minimum Gasteiger partial charge on any atom is -0.491 e. The van der Waals surface area contributed by atoms with E-state index in [4.69, 9.17) is 36.3 Å². The summed E-state index contributed by atoms with van der Waals surface area (Å²) in [6.07, 6.45) is 10.1. The zero-order valence-electron chi connectivity index (χ0n) is 20.2. The third-order valence-electron chi connectivity index (χ3n) is 4.68. The molecule has 3 aromatic rings. The maximum absolute atomic E-state index is 11.6. The van der Waals surface area contributed by atoms with Crippen molar-refractivity contribution in [2.75, 3.05) is 52.9 Å². The van der Waals surface area contributed by atoms with Crippen LogP contribution in [-0.2, 0) is 23.3 Å². The first-order valence-electron chi connectivity index (χ1n) is 11.4. The van der Waals surface area contributed by atoms with Crippen molar-refractivity contribution < 1.29 is 28.0 Å². The zero-order valence-corrected chi connectivity index (χ0v) is 21.1. The van der Waals surface area contributed by atoms with Crippen molar-refractivity contribution in [1.82, 2.24) is 20.4 Å². The molecule has 0 radical (unpaired) electrons. The molecule has 11 heteroatoms. The van der Waals surface area contributed by atoms with Gasteiger partial charge >= 0.3 is 7.37 Å². The molecule has 37 heavy (non-hydrogen) atoms. The van der Waals surface area contributed by atoms with E-state index in [0.717, 1.165) is 11.1 Å². The average Bonchev–Trinajstić information content (AvgIpc) is 2.96. The molecule has 1 aromatic heterocycles. The van der Waals surface area contributed by atoms with Crippen molar-refractivity contribution >= 4 is 7.37 Å². The highest BCUT2D eigenvalue weighted by Gasteiger charge is 2.14. The maximum atomic E-state index is 11.6. The number of ether oxygens (including phenoxy) is 4. The third-order valence-corrected chi connectivity index (χ3v) is 5.91. The maximum Gasteiger partial charge on any atom is 0.344 e. The van der Waals surface area contributed by atoms with Gasteiger partial charge in [0.2, 0.25) is 11.6 Å². The Balaban J connectivity index is 1.25. The van der Waals surface area contributed by atoms with Gasteiger partial charge < -0.3 is 23.5 Å². The molecule has 0 aliphatic heterocycles. The Bertz CT molecular complexity index is 1210. The molecule has 0 amide bonds. The van der Waals surface area contributed by atoms with Crippen molar-refractivity contribution in [1.29, 1.82) is 0 Å². The van der Waals surface area contributed by atoms with Crippen LogP contribution in [0.15, 0.2) is 54.6 Å². The topological polar surface area (TPSA) is 115 Å². The summed E-state index contributed by atoms with van der Waals surface area (Å²) in [6.45, 7) is 2.60. The van der Waals surface area contributed by atoms with Crippen LogP contribution in [0.1, 0.15) is 0 Å². The summed E-state index contributed by atoms with van der Waals surface area (Å²) in [4.78, 5) is 0. The van der Waals surface area contributed by atoms with Crippen molar-refractivity contribution in [3.63, 3.8) is 0 Å². The summed E-state index contributed by atoms with van der Waals surface area (Å²) < 4.78 is 38.6. The first-order chi connectivity index (χ1) is 18.1. The van der Waals surface area contributed by atoms with Gasteiger partial charge in [-0.2, -0.15) is 0 Å². The van der Waals surface area contributed by atoms with Gasteiger partial charge in [-0.05, 0) is 23.5 Å². The number of nitrogens with zero attached hydrogens (tertiary/aromatic N) is 4. The molecule has 0 unspecified atom stereocenters. The molecule has 192 valence electrons. The Morgan fingerprint density at radius 3 is 1.76 bits per heavy atom. The molecule has 0 aliphatic carbocycles. The highest BCUT2D eigenvalue weighted by Crippen LogP contribution is 2.43. The number of terminal acetylenes is 2. The average molecular weight is 522 g/mol. The van der Waals surface area contributed by atoms with Crippen LogP contribution < -0.4 is 4.74 Å². The molecule has 0 aliphatic rings. The van der Waals surface area contributed by atoms with Gasteiger partial charge in [-0.25, -0.2) is 0 Å². The molecule has 2 aromatic carbocycles. The van der Waals surface area contributed by atoms with Crippen LogP contribution in [0.3, 0.4) is 0 Å². The van der Waals surface area contributed by atoms with E-state index in [1.54, 1.807) is 0 Å². The Hall–Kier alpha value is -3.63. The fourth-order valence-electron chi connectivity index (χ4n) is 2.87. The molecule has 0 N–H and O–H groups in total. The van der Waals surface area contributed by atoms with Crippen molar-refractivity contribution in [3.8, 4) is 52.7 Å². The van der Waals surface area contributed by atoms with E-state index in [1.807, 2.05) is 65.9 Å². The molecule has 0 spiro atoms. The Kier molecular flexibility index (Phi) is 11.7. The van der Waals surface area contributed by atoms with Crippen LogP contribution >= 0.6 is 7.37 Å². The highest BCUT2D eigenvalue weighted by atomic mass is 31.2. The highest BCUT2D eigenvalue weighted by molar-refractivity contribution is 7.69. The fourth-order valence-corrected chi connectivity index (χ4v) is 3.42.